The van der Waals surface area contributed by atoms with E-state index in [0.717, 1.165) is 12.8 Å². The smallest absolute Gasteiger partial charge is 0.449 e. The number of carbonyl (C=O) groups excluding carboxylic acids is 1. The van der Waals surface area contributed by atoms with Gasteiger partial charge in [0.2, 0.25) is 0 Å². The maximum Gasteiger partial charge on any atom is 0.449 e. The molecule has 1 saturated heterocycles. The highest BCUT2D eigenvalue weighted by Gasteiger charge is 2.78. The third-order valence-corrected chi connectivity index (χ3v) is 7.52. The molecular weight excluding hydrogens is 375 g/mol. The molecule has 9 unspecified atom stereocenters. The van der Waals surface area contributed by atoms with Gasteiger partial charge in [0.25, 0.3) is 0 Å². The summed E-state index contributed by atoms with van der Waals surface area (Å²) < 4.78 is 75.5. The first-order valence-electron chi connectivity index (χ1n) is 9.24. The van der Waals surface area contributed by atoms with Gasteiger partial charge in [0, 0.05) is 0 Å². The Morgan fingerprint density at radius 2 is 1.78 bits per heavy atom. The molecule has 0 aromatic heterocycles. The molecule has 27 heavy (non-hydrogen) atoms. The maximum atomic E-state index is 14.1. The van der Waals surface area contributed by atoms with E-state index in [-0.39, 0.29) is 5.92 Å². The van der Waals surface area contributed by atoms with Crippen molar-refractivity contribution in [1.29, 1.82) is 0 Å². The van der Waals surface area contributed by atoms with Crippen molar-refractivity contribution in [1.82, 2.24) is 0 Å². The normalized spacial score (nSPS) is 51.8. The number of rotatable bonds is 2. The standard InChI is InChI=1S/C18H19F5O4/c19-16(20)12(6-26-17(16,25)18(21,22)23)27-15(24)11-5-9-4-10(11)14-8-2-1-7(3-8)13(9)14/h1-2,7-14,25H,3-6H2. The van der Waals surface area contributed by atoms with E-state index in [1.807, 2.05) is 0 Å². The van der Waals surface area contributed by atoms with Gasteiger partial charge >= 0.3 is 23.9 Å². The Morgan fingerprint density at radius 3 is 2.41 bits per heavy atom. The minimum atomic E-state index is -5.70. The van der Waals surface area contributed by atoms with Crippen LogP contribution in [0.3, 0.4) is 0 Å². The van der Waals surface area contributed by atoms with Crippen LogP contribution >= 0.6 is 0 Å². The summed E-state index contributed by atoms with van der Waals surface area (Å²) in [5.41, 5.74) is 0. The van der Waals surface area contributed by atoms with Crippen molar-refractivity contribution in [3.63, 3.8) is 0 Å². The fourth-order valence-electron chi connectivity index (χ4n) is 6.51. The molecule has 0 aromatic rings. The van der Waals surface area contributed by atoms with Crippen molar-refractivity contribution in [3.05, 3.63) is 12.2 Å². The molecule has 150 valence electrons. The zero-order valence-corrected chi connectivity index (χ0v) is 14.2. The van der Waals surface area contributed by atoms with Crippen LogP contribution in [-0.4, -0.2) is 41.7 Å². The highest BCUT2D eigenvalue weighted by Crippen LogP contribution is 2.67. The van der Waals surface area contributed by atoms with Crippen LogP contribution in [0.5, 0.6) is 0 Å². The summed E-state index contributed by atoms with van der Waals surface area (Å²) in [6.07, 6.45) is -1.32. The van der Waals surface area contributed by atoms with Crippen molar-refractivity contribution < 1.29 is 41.3 Å². The molecule has 0 amide bonds. The van der Waals surface area contributed by atoms with E-state index in [0.29, 0.717) is 36.0 Å². The van der Waals surface area contributed by atoms with Crippen molar-refractivity contribution in [2.24, 2.45) is 41.4 Å². The second kappa shape index (κ2) is 5.23. The quantitative estimate of drug-likeness (QED) is 0.339. The lowest BCUT2D eigenvalue weighted by atomic mass is 9.69. The van der Waals surface area contributed by atoms with E-state index in [2.05, 4.69) is 16.9 Å². The lowest BCUT2D eigenvalue weighted by Crippen LogP contribution is -2.59. The van der Waals surface area contributed by atoms with Gasteiger partial charge in [-0.15, -0.1) is 0 Å². The van der Waals surface area contributed by atoms with E-state index >= 15 is 0 Å². The van der Waals surface area contributed by atoms with Crippen LogP contribution in [0.1, 0.15) is 19.3 Å². The fourth-order valence-corrected chi connectivity index (χ4v) is 6.51. The molecule has 0 spiro atoms. The largest absolute Gasteiger partial charge is 0.453 e. The van der Waals surface area contributed by atoms with Gasteiger partial charge in [-0.05, 0) is 54.8 Å². The second-order valence-corrected chi connectivity index (χ2v) is 8.61. The topological polar surface area (TPSA) is 55.8 Å². The molecule has 0 radical (unpaired) electrons. The van der Waals surface area contributed by atoms with E-state index in [4.69, 9.17) is 4.74 Å². The van der Waals surface area contributed by atoms with Crippen LogP contribution in [0.2, 0.25) is 0 Å². The summed E-state index contributed by atoms with van der Waals surface area (Å²) in [5, 5.41) is 9.31. The number of alkyl halides is 5. The summed E-state index contributed by atoms with van der Waals surface area (Å²) in [4.78, 5) is 12.5. The van der Waals surface area contributed by atoms with Gasteiger partial charge in [-0.2, -0.15) is 22.0 Å². The molecular formula is C18H19F5O4. The number of allylic oxidation sites excluding steroid dienone is 2. The maximum absolute atomic E-state index is 14.1. The van der Waals surface area contributed by atoms with Crippen LogP contribution in [0.25, 0.3) is 0 Å². The number of hydrogen-bond acceptors (Lipinski definition) is 4. The van der Waals surface area contributed by atoms with E-state index in [1.54, 1.807) is 0 Å². The van der Waals surface area contributed by atoms with Gasteiger partial charge < -0.3 is 14.6 Å². The average molecular weight is 394 g/mol. The number of halogens is 5. The molecule has 5 rings (SSSR count). The van der Waals surface area contributed by atoms with E-state index in [1.165, 1.54) is 0 Å². The first-order chi connectivity index (χ1) is 12.5. The van der Waals surface area contributed by atoms with Crippen molar-refractivity contribution in [2.45, 2.75) is 43.3 Å². The van der Waals surface area contributed by atoms with Gasteiger partial charge in [-0.1, -0.05) is 12.2 Å². The highest BCUT2D eigenvalue weighted by atomic mass is 19.4. The molecule has 3 saturated carbocycles. The van der Waals surface area contributed by atoms with E-state index < -0.39 is 42.5 Å². The molecule has 1 N–H and O–H groups in total. The molecule has 1 aliphatic heterocycles. The molecule has 4 bridgehead atoms. The number of esters is 1. The number of aliphatic hydroxyl groups is 1. The Kier molecular flexibility index (Phi) is 3.46. The Labute approximate surface area is 151 Å². The Morgan fingerprint density at radius 1 is 1.11 bits per heavy atom. The Balaban J connectivity index is 1.31. The molecule has 4 aliphatic carbocycles. The highest BCUT2D eigenvalue weighted by molar-refractivity contribution is 5.74. The minimum absolute atomic E-state index is 0.0323. The SMILES string of the molecule is O=C(OC1COC(O)(C(F)(F)F)C1(F)F)C1CC2CC1C1C3C=CC(C3)C21. The van der Waals surface area contributed by atoms with E-state index in [9.17, 15) is 31.9 Å². The van der Waals surface area contributed by atoms with Gasteiger partial charge in [-0.3, -0.25) is 4.79 Å². The monoisotopic (exact) mass is 394 g/mol. The number of fused-ring (bicyclic) bond motifs is 9. The van der Waals surface area contributed by atoms with Crippen LogP contribution < -0.4 is 0 Å². The predicted octanol–water partition coefficient (Wildman–Crippen LogP) is 2.91. The fraction of sp³-hybridized carbons (Fsp3) is 0.833. The lowest BCUT2D eigenvalue weighted by molar-refractivity contribution is -0.405. The molecule has 0 aromatic carbocycles. The van der Waals surface area contributed by atoms with Crippen molar-refractivity contribution in [2.75, 3.05) is 6.61 Å². The van der Waals surface area contributed by atoms with Gasteiger partial charge in [0.1, 0.15) is 0 Å². The van der Waals surface area contributed by atoms with Crippen molar-refractivity contribution in [3.8, 4) is 0 Å². The van der Waals surface area contributed by atoms with Gasteiger partial charge in [0.15, 0.2) is 6.10 Å². The Bertz CT molecular complexity index is 706. The van der Waals surface area contributed by atoms with Crippen LogP contribution in [0, 0.1) is 41.4 Å². The van der Waals surface area contributed by atoms with Crippen molar-refractivity contribution >= 4 is 5.97 Å². The summed E-state index contributed by atoms with van der Waals surface area (Å²) in [6.45, 7) is -1.20. The van der Waals surface area contributed by atoms with Gasteiger partial charge in [0.05, 0.1) is 12.5 Å². The first-order valence-corrected chi connectivity index (χ1v) is 9.24. The minimum Gasteiger partial charge on any atom is -0.453 e. The number of carbonyl (C=O) groups is 1. The van der Waals surface area contributed by atoms with Crippen LogP contribution in [0.15, 0.2) is 12.2 Å². The summed E-state index contributed by atoms with van der Waals surface area (Å²) in [7, 11) is 0. The lowest BCUT2D eigenvalue weighted by Gasteiger charge is -2.36. The molecule has 9 atom stereocenters. The van der Waals surface area contributed by atoms with Gasteiger partial charge in [-0.25, -0.2) is 0 Å². The zero-order valence-electron chi connectivity index (χ0n) is 14.2. The van der Waals surface area contributed by atoms with Crippen LogP contribution in [0.4, 0.5) is 22.0 Å². The predicted molar refractivity (Wildman–Crippen MR) is 79.2 cm³/mol. The zero-order chi connectivity index (χ0) is 19.4. The average Bonchev–Trinajstić information content (AvgIpc) is 3.36. The first kappa shape index (κ1) is 17.8. The Hall–Kier alpha value is -1.22. The third-order valence-electron chi connectivity index (χ3n) is 7.52. The number of ether oxygens (including phenoxy) is 2. The molecule has 4 nitrogen and oxygen atoms in total. The molecule has 5 aliphatic rings. The summed E-state index contributed by atoms with van der Waals surface area (Å²) >= 11 is 0. The second-order valence-electron chi connectivity index (χ2n) is 8.61. The summed E-state index contributed by atoms with van der Waals surface area (Å²) in [5.74, 6) is -8.71. The molecule has 9 heteroatoms. The van der Waals surface area contributed by atoms with Crippen LogP contribution in [-0.2, 0) is 14.3 Å². The summed E-state index contributed by atoms with van der Waals surface area (Å²) in [6, 6.07) is 0. The number of hydrogen-bond donors (Lipinski definition) is 1. The molecule has 4 fully saturated rings. The molecule has 1 heterocycles. The third kappa shape index (κ3) is 2.13.